The minimum absolute atomic E-state index is 0.106. The predicted molar refractivity (Wildman–Crippen MR) is 146 cm³/mol. The van der Waals surface area contributed by atoms with Gasteiger partial charge in [0.05, 0.1) is 6.42 Å². The summed E-state index contributed by atoms with van der Waals surface area (Å²) < 4.78 is 5.83. The lowest BCUT2D eigenvalue weighted by atomic mass is 9.95. The molecule has 0 heterocycles. The topological polar surface area (TPSA) is 107 Å². The molecule has 0 saturated heterocycles. The average molecular weight is 536 g/mol. The summed E-state index contributed by atoms with van der Waals surface area (Å²) in [7, 11) is 6.03. The highest BCUT2D eigenvalue weighted by Gasteiger charge is 2.42. The number of carboxylic acid groups (broad SMARTS) is 1. The number of benzene rings is 2. The molecule has 0 bridgehead atoms. The van der Waals surface area contributed by atoms with Crippen LogP contribution in [0, 0.1) is 5.92 Å². The normalized spacial score (nSPS) is 16.1. The highest BCUT2D eigenvalue weighted by Crippen LogP contribution is 2.44. The van der Waals surface area contributed by atoms with Crippen LogP contribution in [0.4, 0.5) is 4.79 Å². The molecule has 1 saturated carbocycles. The molecule has 0 aliphatic heterocycles. The number of rotatable bonds is 9. The number of carbonyl (C=O) groups is 4. The van der Waals surface area contributed by atoms with Gasteiger partial charge in [-0.15, -0.1) is 0 Å². The van der Waals surface area contributed by atoms with E-state index in [0.29, 0.717) is 0 Å². The van der Waals surface area contributed by atoms with Crippen LogP contribution in [0.3, 0.4) is 0 Å². The largest absolute Gasteiger partial charge is 0.481 e. The first-order valence-corrected chi connectivity index (χ1v) is 13.4. The van der Waals surface area contributed by atoms with Crippen LogP contribution >= 0.6 is 0 Å². The van der Waals surface area contributed by atoms with Crippen LogP contribution in [0.5, 0.6) is 0 Å². The number of aliphatic carboxylic acids is 1. The third kappa shape index (κ3) is 5.77. The first-order chi connectivity index (χ1) is 18.6. The third-order valence-electron chi connectivity index (χ3n) is 8.05. The Bertz CT molecular complexity index is 1190. The fourth-order valence-electron chi connectivity index (χ4n) is 5.98. The number of carbonyl (C=O) groups excluding carboxylic acids is 3. The molecule has 39 heavy (non-hydrogen) atoms. The highest BCUT2D eigenvalue weighted by molar-refractivity contribution is 5.93. The number of amides is 3. The summed E-state index contributed by atoms with van der Waals surface area (Å²) in [6.45, 7) is 0.124. The molecule has 0 spiro atoms. The van der Waals surface area contributed by atoms with E-state index in [1.165, 1.54) is 35.8 Å². The molecule has 2 aliphatic rings. The third-order valence-corrected chi connectivity index (χ3v) is 8.05. The molecule has 1 fully saturated rings. The molecule has 2 unspecified atom stereocenters. The van der Waals surface area contributed by atoms with Crippen molar-refractivity contribution in [1.29, 1.82) is 0 Å². The number of hydrogen-bond donors (Lipinski definition) is 1. The summed E-state index contributed by atoms with van der Waals surface area (Å²) in [5.74, 6) is -2.35. The van der Waals surface area contributed by atoms with Gasteiger partial charge in [-0.3, -0.25) is 19.3 Å². The lowest BCUT2D eigenvalue weighted by Crippen LogP contribution is -2.57. The maximum Gasteiger partial charge on any atom is 0.410 e. The van der Waals surface area contributed by atoms with Gasteiger partial charge in [0.1, 0.15) is 18.7 Å². The number of carboxylic acids is 1. The smallest absolute Gasteiger partial charge is 0.410 e. The fourth-order valence-corrected chi connectivity index (χ4v) is 5.98. The summed E-state index contributed by atoms with van der Waals surface area (Å²) >= 11 is 0. The predicted octanol–water partition coefficient (Wildman–Crippen LogP) is 3.82. The van der Waals surface area contributed by atoms with Crippen molar-refractivity contribution in [1.82, 2.24) is 14.7 Å². The molecule has 0 radical (unpaired) electrons. The van der Waals surface area contributed by atoms with Gasteiger partial charge in [0.25, 0.3) is 0 Å². The van der Waals surface area contributed by atoms with Crippen LogP contribution in [0.15, 0.2) is 48.5 Å². The molecular weight excluding hydrogens is 498 g/mol. The van der Waals surface area contributed by atoms with Gasteiger partial charge in [0.2, 0.25) is 11.8 Å². The molecule has 4 rings (SSSR count). The Kier molecular flexibility index (Phi) is 8.57. The number of nitrogens with zero attached hydrogens (tertiary/aromatic N) is 3. The summed E-state index contributed by atoms with van der Waals surface area (Å²) in [6, 6.07) is 14.1. The molecule has 1 N–H and O–H groups in total. The van der Waals surface area contributed by atoms with Crippen molar-refractivity contribution in [3.63, 3.8) is 0 Å². The lowest BCUT2D eigenvalue weighted by molar-refractivity contribution is -0.151. The molecular formula is C30H37N3O6. The Balaban J connectivity index is 1.53. The van der Waals surface area contributed by atoms with Crippen LogP contribution in [0.25, 0.3) is 11.1 Å². The van der Waals surface area contributed by atoms with Gasteiger partial charge in [-0.25, -0.2) is 4.79 Å². The fraction of sp³-hybridized carbons (Fsp3) is 0.467. The zero-order valence-electron chi connectivity index (χ0n) is 23.0. The van der Waals surface area contributed by atoms with Crippen LogP contribution < -0.4 is 0 Å². The van der Waals surface area contributed by atoms with Crippen LogP contribution in [0.1, 0.15) is 49.1 Å². The zero-order valence-corrected chi connectivity index (χ0v) is 23.0. The van der Waals surface area contributed by atoms with E-state index in [1.807, 2.05) is 36.4 Å². The summed E-state index contributed by atoms with van der Waals surface area (Å²) in [5, 5.41) is 9.41. The van der Waals surface area contributed by atoms with E-state index < -0.39 is 42.4 Å². The zero-order chi connectivity index (χ0) is 28.3. The van der Waals surface area contributed by atoms with Crippen molar-refractivity contribution in [3.8, 4) is 11.1 Å². The average Bonchev–Trinajstić information content (AvgIpc) is 3.56. The van der Waals surface area contributed by atoms with E-state index in [0.717, 1.165) is 47.9 Å². The van der Waals surface area contributed by atoms with E-state index >= 15 is 0 Å². The van der Waals surface area contributed by atoms with Crippen molar-refractivity contribution in [2.45, 2.75) is 50.1 Å². The first kappa shape index (κ1) is 28.1. The lowest BCUT2D eigenvalue weighted by Gasteiger charge is -2.37. The monoisotopic (exact) mass is 535 g/mol. The molecule has 9 nitrogen and oxygen atoms in total. The van der Waals surface area contributed by atoms with Crippen molar-refractivity contribution in [3.05, 3.63) is 59.7 Å². The Morgan fingerprint density at radius 2 is 1.38 bits per heavy atom. The molecule has 3 amide bonds. The van der Waals surface area contributed by atoms with Crippen LogP contribution in [-0.2, 0) is 19.1 Å². The van der Waals surface area contributed by atoms with E-state index in [1.54, 1.807) is 7.05 Å². The second-order valence-electron chi connectivity index (χ2n) is 10.7. The standard InChI is InChI=1S/C30H37N3O6/c1-31(2)28(36)25(17-26(34)35)32(3)29(37)27(19-11-5-6-12-19)33(4)30(38)39-18-24-22-15-9-7-13-20(22)21-14-8-10-16-23(21)24/h7-10,13-16,19,24-25,27H,5-6,11-12,17-18H2,1-4H3,(H,34,35). The molecule has 0 aromatic heterocycles. The maximum absolute atomic E-state index is 13.8. The van der Waals surface area contributed by atoms with Crippen LogP contribution in [0.2, 0.25) is 0 Å². The highest BCUT2D eigenvalue weighted by atomic mass is 16.6. The molecule has 2 aliphatic carbocycles. The van der Waals surface area contributed by atoms with E-state index in [2.05, 4.69) is 12.1 Å². The van der Waals surface area contributed by atoms with Crippen molar-refractivity contribution in [2.75, 3.05) is 34.8 Å². The summed E-state index contributed by atoms with van der Waals surface area (Å²) in [5.41, 5.74) is 4.43. The Morgan fingerprint density at radius 1 is 0.846 bits per heavy atom. The second kappa shape index (κ2) is 11.9. The molecule has 9 heteroatoms. The second-order valence-corrected chi connectivity index (χ2v) is 10.7. The number of ether oxygens (including phenoxy) is 1. The van der Waals surface area contributed by atoms with Gasteiger partial charge in [-0.05, 0) is 41.0 Å². The van der Waals surface area contributed by atoms with Gasteiger partial charge in [0.15, 0.2) is 0 Å². The van der Waals surface area contributed by atoms with E-state index in [-0.39, 0.29) is 18.4 Å². The van der Waals surface area contributed by atoms with Gasteiger partial charge in [-0.2, -0.15) is 0 Å². The van der Waals surface area contributed by atoms with Crippen LogP contribution in [-0.4, -0.2) is 90.6 Å². The summed E-state index contributed by atoms with van der Waals surface area (Å²) in [6.07, 6.45) is 2.25. The number of fused-ring (bicyclic) bond motifs is 3. The summed E-state index contributed by atoms with van der Waals surface area (Å²) in [4.78, 5) is 55.3. The van der Waals surface area contributed by atoms with Crippen molar-refractivity contribution >= 4 is 23.9 Å². The molecule has 2 atom stereocenters. The quantitative estimate of drug-likeness (QED) is 0.523. The maximum atomic E-state index is 13.8. The SMILES string of the molecule is CN(C)C(=O)C(CC(=O)O)N(C)C(=O)C(C1CCCC1)N(C)C(=O)OCC1c2ccccc2-c2ccccc21. The number of likely N-dealkylation sites (N-methyl/N-ethyl adjacent to an activating group) is 3. The van der Waals surface area contributed by atoms with Gasteiger partial charge in [0, 0.05) is 34.1 Å². The van der Waals surface area contributed by atoms with E-state index in [4.69, 9.17) is 4.74 Å². The Hall–Kier alpha value is -3.88. The Labute approximate surface area is 229 Å². The molecule has 208 valence electrons. The van der Waals surface area contributed by atoms with Gasteiger partial charge in [-0.1, -0.05) is 61.4 Å². The Morgan fingerprint density at radius 3 is 1.90 bits per heavy atom. The minimum atomic E-state index is -1.18. The number of hydrogen-bond acceptors (Lipinski definition) is 5. The van der Waals surface area contributed by atoms with E-state index in [9.17, 15) is 24.3 Å². The van der Waals surface area contributed by atoms with Gasteiger partial charge < -0.3 is 19.6 Å². The van der Waals surface area contributed by atoms with Gasteiger partial charge >= 0.3 is 12.1 Å². The molecule has 2 aromatic rings. The molecule has 2 aromatic carbocycles. The minimum Gasteiger partial charge on any atom is -0.481 e. The first-order valence-electron chi connectivity index (χ1n) is 13.4. The van der Waals surface area contributed by atoms with Crippen molar-refractivity contribution < 1.29 is 29.0 Å². The van der Waals surface area contributed by atoms with Crippen molar-refractivity contribution in [2.24, 2.45) is 5.92 Å².